The van der Waals surface area contributed by atoms with Crippen molar-refractivity contribution in [2.45, 2.75) is 51.1 Å². The summed E-state index contributed by atoms with van der Waals surface area (Å²) in [5, 5.41) is 0. The van der Waals surface area contributed by atoms with E-state index in [1.165, 1.54) is 12.1 Å². The highest BCUT2D eigenvalue weighted by molar-refractivity contribution is 9.10. The highest BCUT2D eigenvalue weighted by Gasteiger charge is 2.54. The second-order valence-electron chi connectivity index (χ2n) is 8.27. The summed E-state index contributed by atoms with van der Waals surface area (Å²) in [4.78, 5) is 28.6. The highest BCUT2D eigenvalue weighted by Crippen LogP contribution is 2.46. The predicted octanol–water partition coefficient (Wildman–Crippen LogP) is 4.57. The van der Waals surface area contributed by atoms with Gasteiger partial charge in [-0.25, -0.2) is 4.79 Å². The monoisotopic (exact) mass is 478 g/mol. The van der Waals surface area contributed by atoms with Crippen molar-refractivity contribution in [3.8, 4) is 5.75 Å². The quantitative estimate of drug-likeness (QED) is 0.624. The van der Waals surface area contributed by atoms with Crippen LogP contribution in [0.25, 0.3) is 0 Å². The molecule has 1 aromatic rings. The first-order chi connectivity index (χ1) is 13.3. The Labute approximate surface area is 175 Å². The van der Waals surface area contributed by atoms with Crippen LogP contribution in [-0.4, -0.2) is 58.9 Å². The lowest BCUT2D eigenvalue weighted by atomic mass is 10.1. The van der Waals surface area contributed by atoms with E-state index in [2.05, 4.69) is 20.7 Å². The SMILES string of the molecule is CC(C)(C)OC(=O)N1CCN(C(=O)c2cc(Br)ccc2OC(F)(F)F)C2(CC2)C1. The molecule has 1 saturated carbocycles. The lowest BCUT2D eigenvalue weighted by Crippen LogP contribution is -2.58. The number of nitrogens with zero attached hydrogens (tertiary/aromatic N) is 2. The summed E-state index contributed by atoms with van der Waals surface area (Å²) in [6, 6.07) is 3.81. The molecule has 160 valence electrons. The fourth-order valence-electron chi connectivity index (χ4n) is 3.38. The summed E-state index contributed by atoms with van der Waals surface area (Å²) in [5.41, 5.74) is -1.39. The maximum Gasteiger partial charge on any atom is 0.573 e. The van der Waals surface area contributed by atoms with Crippen LogP contribution >= 0.6 is 15.9 Å². The Morgan fingerprint density at radius 2 is 1.79 bits per heavy atom. The number of rotatable bonds is 2. The summed E-state index contributed by atoms with van der Waals surface area (Å²) in [7, 11) is 0. The van der Waals surface area contributed by atoms with Gasteiger partial charge in [-0.2, -0.15) is 0 Å². The van der Waals surface area contributed by atoms with Gasteiger partial charge in [0, 0.05) is 24.1 Å². The fourth-order valence-corrected chi connectivity index (χ4v) is 3.74. The first-order valence-electron chi connectivity index (χ1n) is 9.15. The zero-order chi connectivity index (χ0) is 21.6. The molecule has 29 heavy (non-hydrogen) atoms. The Kier molecular flexibility index (Phi) is 5.53. The predicted molar refractivity (Wildman–Crippen MR) is 102 cm³/mol. The first-order valence-corrected chi connectivity index (χ1v) is 9.94. The van der Waals surface area contributed by atoms with Gasteiger partial charge in [-0.15, -0.1) is 13.2 Å². The number of hydrogen-bond donors (Lipinski definition) is 0. The molecule has 0 bridgehead atoms. The number of ether oxygens (including phenoxy) is 2. The van der Waals surface area contributed by atoms with Gasteiger partial charge in [0.2, 0.25) is 0 Å². The Bertz CT molecular complexity index is 819. The van der Waals surface area contributed by atoms with E-state index in [1.54, 1.807) is 30.6 Å². The summed E-state index contributed by atoms with van der Waals surface area (Å²) >= 11 is 3.19. The molecular formula is C19H22BrF3N2O4. The van der Waals surface area contributed by atoms with Crippen molar-refractivity contribution < 1.29 is 32.2 Å². The largest absolute Gasteiger partial charge is 0.573 e. The molecule has 0 radical (unpaired) electrons. The van der Waals surface area contributed by atoms with Gasteiger partial charge < -0.3 is 19.3 Å². The zero-order valence-corrected chi connectivity index (χ0v) is 17.9. The van der Waals surface area contributed by atoms with Gasteiger partial charge >= 0.3 is 12.5 Å². The van der Waals surface area contributed by atoms with E-state index < -0.39 is 35.3 Å². The smallest absolute Gasteiger partial charge is 0.444 e. The maximum atomic E-state index is 13.1. The third-order valence-electron chi connectivity index (χ3n) is 4.77. The summed E-state index contributed by atoms with van der Waals surface area (Å²) in [6.45, 7) is 6.05. The van der Waals surface area contributed by atoms with E-state index >= 15 is 0 Å². The summed E-state index contributed by atoms with van der Waals surface area (Å²) < 4.78 is 48.2. The zero-order valence-electron chi connectivity index (χ0n) is 16.3. The minimum Gasteiger partial charge on any atom is -0.444 e. The van der Waals surface area contributed by atoms with Crippen molar-refractivity contribution in [3.05, 3.63) is 28.2 Å². The molecule has 2 aliphatic rings. The molecule has 1 heterocycles. The number of carbonyl (C=O) groups is 2. The van der Waals surface area contributed by atoms with Crippen LogP contribution in [0.1, 0.15) is 44.0 Å². The van der Waals surface area contributed by atoms with E-state index in [9.17, 15) is 22.8 Å². The van der Waals surface area contributed by atoms with Gasteiger partial charge in [-0.1, -0.05) is 15.9 Å². The number of alkyl halides is 3. The second-order valence-corrected chi connectivity index (χ2v) is 9.19. The number of hydrogen-bond acceptors (Lipinski definition) is 4. The van der Waals surface area contributed by atoms with Gasteiger partial charge in [-0.05, 0) is 51.8 Å². The lowest BCUT2D eigenvalue weighted by molar-refractivity contribution is -0.274. The molecule has 1 aromatic carbocycles. The first kappa shape index (κ1) is 21.7. The number of benzene rings is 1. The molecule has 2 amide bonds. The van der Waals surface area contributed by atoms with Crippen LogP contribution in [0.4, 0.5) is 18.0 Å². The van der Waals surface area contributed by atoms with Crippen molar-refractivity contribution in [2.24, 2.45) is 0 Å². The molecule has 1 aliphatic heterocycles. The Balaban J connectivity index is 1.80. The molecule has 3 rings (SSSR count). The van der Waals surface area contributed by atoms with Gasteiger partial charge in [0.15, 0.2) is 0 Å². The maximum absolute atomic E-state index is 13.1. The van der Waals surface area contributed by atoms with Crippen molar-refractivity contribution in [1.82, 2.24) is 9.80 Å². The number of halogens is 4. The van der Waals surface area contributed by atoms with E-state index in [0.717, 1.165) is 6.07 Å². The normalized spacial score (nSPS) is 18.6. The molecule has 0 N–H and O–H groups in total. The third kappa shape index (κ3) is 5.15. The van der Waals surface area contributed by atoms with Gasteiger partial charge in [0.1, 0.15) is 11.4 Å². The minimum atomic E-state index is -4.91. The topological polar surface area (TPSA) is 59.1 Å². The fraction of sp³-hybridized carbons (Fsp3) is 0.579. The van der Waals surface area contributed by atoms with Crippen LogP contribution in [0.5, 0.6) is 5.75 Å². The van der Waals surface area contributed by atoms with Crippen molar-refractivity contribution in [3.63, 3.8) is 0 Å². The molecule has 2 fully saturated rings. The molecule has 0 aromatic heterocycles. The van der Waals surface area contributed by atoms with Gasteiger partial charge in [0.25, 0.3) is 5.91 Å². The van der Waals surface area contributed by atoms with Crippen LogP contribution < -0.4 is 4.74 Å². The Morgan fingerprint density at radius 1 is 1.14 bits per heavy atom. The molecule has 1 spiro atoms. The van der Waals surface area contributed by atoms with E-state index in [4.69, 9.17) is 4.74 Å². The van der Waals surface area contributed by atoms with Gasteiger partial charge in [-0.3, -0.25) is 4.79 Å². The van der Waals surface area contributed by atoms with E-state index in [0.29, 0.717) is 17.3 Å². The third-order valence-corrected chi connectivity index (χ3v) is 5.27. The second kappa shape index (κ2) is 7.37. The Morgan fingerprint density at radius 3 is 2.34 bits per heavy atom. The highest BCUT2D eigenvalue weighted by atomic mass is 79.9. The Hall–Kier alpha value is -1.97. The molecule has 0 unspecified atom stereocenters. The lowest BCUT2D eigenvalue weighted by Gasteiger charge is -2.42. The van der Waals surface area contributed by atoms with Gasteiger partial charge in [0.05, 0.1) is 11.1 Å². The standard InChI is InChI=1S/C19H22BrF3N2O4/c1-17(2,3)29-16(27)24-8-9-25(18(11-24)6-7-18)15(26)13-10-12(20)4-5-14(13)28-19(21,22)23/h4-5,10H,6-9,11H2,1-3H3. The van der Waals surface area contributed by atoms with Crippen molar-refractivity contribution in [2.75, 3.05) is 19.6 Å². The summed E-state index contributed by atoms with van der Waals surface area (Å²) in [5.74, 6) is -1.09. The number of amides is 2. The average molecular weight is 479 g/mol. The van der Waals surface area contributed by atoms with Crippen LogP contribution in [0.3, 0.4) is 0 Å². The van der Waals surface area contributed by atoms with Crippen LogP contribution in [0.2, 0.25) is 0 Å². The number of carbonyl (C=O) groups excluding carboxylic acids is 2. The van der Waals surface area contributed by atoms with Crippen LogP contribution in [-0.2, 0) is 4.74 Å². The molecular weight excluding hydrogens is 457 g/mol. The summed E-state index contributed by atoms with van der Waals surface area (Å²) in [6.07, 6.45) is -4.03. The van der Waals surface area contributed by atoms with E-state index in [1.807, 2.05) is 0 Å². The molecule has 1 aliphatic carbocycles. The van der Waals surface area contributed by atoms with E-state index in [-0.39, 0.29) is 25.2 Å². The van der Waals surface area contributed by atoms with Crippen molar-refractivity contribution >= 4 is 27.9 Å². The minimum absolute atomic E-state index is 0.173. The molecule has 6 nitrogen and oxygen atoms in total. The number of piperazine rings is 1. The molecule has 1 saturated heterocycles. The van der Waals surface area contributed by atoms with Crippen LogP contribution in [0.15, 0.2) is 22.7 Å². The molecule has 10 heteroatoms. The van der Waals surface area contributed by atoms with Crippen molar-refractivity contribution in [1.29, 1.82) is 0 Å². The van der Waals surface area contributed by atoms with Crippen LogP contribution in [0, 0.1) is 0 Å². The molecule has 0 atom stereocenters. The average Bonchev–Trinajstić information content (AvgIpc) is 3.32.